The lowest BCUT2D eigenvalue weighted by molar-refractivity contribution is 0.181. The highest BCUT2D eigenvalue weighted by Crippen LogP contribution is 2.30. The van der Waals surface area contributed by atoms with E-state index < -0.39 is 0 Å². The highest BCUT2D eigenvalue weighted by atomic mass is 16.5. The molecule has 9 heteroatoms. The Labute approximate surface area is 174 Å². The molecule has 158 valence electrons. The third-order valence-corrected chi connectivity index (χ3v) is 6.22. The van der Waals surface area contributed by atoms with Crippen LogP contribution in [0.2, 0.25) is 0 Å². The summed E-state index contributed by atoms with van der Waals surface area (Å²) in [7, 11) is 1.65. The van der Waals surface area contributed by atoms with Gasteiger partial charge in [0.2, 0.25) is 0 Å². The molecule has 0 amide bonds. The summed E-state index contributed by atoms with van der Waals surface area (Å²) in [4.78, 5) is 21.3. The number of ether oxygens (including phenoxy) is 1. The van der Waals surface area contributed by atoms with E-state index in [4.69, 9.17) is 9.84 Å². The summed E-state index contributed by atoms with van der Waals surface area (Å²) < 4.78 is 8.70. The number of aromatic nitrogens is 6. The van der Waals surface area contributed by atoms with Crippen molar-refractivity contribution < 1.29 is 4.74 Å². The van der Waals surface area contributed by atoms with Crippen molar-refractivity contribution in [2.45, 2.75) is 70.1 Å². The molecule has 3 aromatic heterocycles. The van der Waals surface area contributed by atoms with Gasteiger partial charge in [-0.25, -0.2) is 9.67 Å². The van der Waals surface area contributed by atoms with E-state index in [0.29, 0.717) is 18.4 Å². The summed E-state index contributed by atoms with van der Waals surface area (Å²) in [6, 6.07) is 4.27. The number of anilines is 1. The third-order valence-electron chi connectivity index (χ3n) is 6.22. The van der Waals surface area contributed by atoms with Crippen LogP contribution in [0.15, 0.2) is 23.3 Å². The highest BCUT2D eigenvalue weighted by molar-refractivity contribution is 5.45. The van der Waals surface area contributed by atoms with E-state index in [2.05, 4.69) is 20.4 Å². The van der Waals surface area contributed by atoms with Gasteiger partial charge < -0.3 is 10.1 Å². The zero-order valence-electron chi connectivity index (χ0n) is 17.3. The predicted molar refractivity (Wildman–Crippen MR) is 112 cm³/mol. The molecule has 2 aliphatic rings. The Morgan fingerprint density at radius 1 is 1.17 bits per heavy atom. The normalized spacial score (nSPS) is 21.5. The molecule has 0 aromatic carbocycles. The van der Waals surface area contributed by atoms with Crippen molar-refractivity contribution in [2.75, 3.05) is 12.4 Å². The van der Waals surface area contributed by atoms with Gasteiger partial charge in [-0.15, -0.1) is 0 Å². The first-order valence-electron chi connectivity index (χ1n) is 10.8. The molecule has 0 aliphatic heterocycles. The lowest BCUT2D eigenvalue weighted by Gasteiger charge is -2.30. The molecule has 0 spiro atoms. The Bertz CT molecular complexity index is 1100. The Hall–Kier alpha value is -2.81. The van der Waals surface area contributed by atoms with Gasteiger partial charge in [0.1, 0.15) is 12.1 Å². The number of fused-ring (bicyclic) bond motifs is 2. The predicted octanol–water partition coefficient (Wildman–Crippen LogP) is 2.30. The number of rotatable bonds is 5. The molecule has 30 heavy (non-hydrogen) atoms. The molecule has 3 heterocycles. The van der Waals surface area contributed by atoms with Gasteiger partial charge in [0.25, 0.3) is 11.3 Å². The second-order valence-electron chi connectivity index (χ2n) is 8.29. The Kier molecular flexibility index (Phi) is 5.20. The SMILES string of the molecule is COCc1cc(NC2CCC(n3nc4c(cc3=O)CCCC4)CC2)n2ncnc2n1. The molecule has 2 aliphatic carbocycles. The first-order chi connectivity index (χ1) is 14.7. The number of methoxy groups -OCH3 is 1. The van der Waals surface area contributed by atoms with Crippen LogP contribution in [0, 0.1) is 0 Å². The second-order valence-corrected chi connectivity index (χ2v) is 8.29. The summed E-state index contributed by atoms with van der Waals surface area (Å²) in [6.07, 6.45) is 9.61. The Morgan fingerprint density at radius 2 is 2.00 bits per heavy atom. The topological polar surface area (TPSA) is 99.2 Å². The van der Waals surface area contributed by atoms with Crippen molar-refractivity contribution in [1.82, 2.24) is 29.4 Å². The smallest absolute Gasteiger partial charge is 0.267 e. The average Bonchev–Trinajstić information content (AvgIpc) is 3.23. The zero-order chi connectivity index (χ0) is 20.5. The standard InChI is InChI=1S/C21H27N7O2/c1-30-12-16-11-19(28-21(25-16)22-13-23-28)24-15-6-8-17(9-7-15)27-20(29)10-14-4-2-3-5-18(14)26-27/h10-11,13,15,17,24H,2-9,12H2,1H3. The van der Waals surface area contributed by atoms with Gasteiger partial charge in [0.05, 0.1) is 24.0 Å². The minimum atomic E-state index is 0.0507. The van der Waals surface area contributed by atoms with Crippen LogP contribution in [0.5, 0.6) is 0 Å². The van der Waals surface area contributed by atoms with Crippen molar-refractivity contribution in [3.8, 4) is 0 Å². The molecule has 0 bridgehead atoms. The molecule has 1 fully saturated rings. The maximum Gasteiger partial charge on any atom is 0.267 e. The maximum atomic E-state index is 12.6. The molecule has 0 saturated heterocycles. The fourth-order valence-electron chi connectivity index (χ4n) is 4.70. The van der Waals surface area contributed by atoms with Crippen LogP contribution in [0.25, 0.3) is 5.78 Å². The zero-order valence-corrected chi connectivity index (χ0v) is 17.3. The van der Waals surface area contributed by atoms with E-state index in [1.807, 2.05) is 12.1 Å². The lowest BCUT2D eigenvalue weighted by atomic mass is 9.91. The van der Waals surface area contributed by atoms with E-state index in [-0.39, 0.29) is 11.6 Å². The van der Waals surface area contributed by atoms with Crippen LogP contribution in [0.1, 0.15) is 61.5 Å². The molecule has 1 N–H and O–H groups in total. The van der Waals surface area contributed by atoms with Gasteiger partial charge >= 0.3 is 0 Å². The molecule has 5 rings (SSSR count). The summed E-state index contributed by atoms with van der Waals surface area (Å²) >= 11 is 0. The van der Waals surface area contributed by atoms with Crippen molar-refractivity contribution in [3.05, 3.63) is 45.8 Å². The van der Waals surface area contributed by atoms with Crippen LogP contribution in [0.3, 0.4) is 0 Å². The Balaban J connectivity index is 1.30. The monoisotopic (exact) mass is 409 g/mol. The van der Waals surface area contributed by atoms with Crippen molar-refractivity contribution >= 4 is 11.6 Å². The maximum absolute atomic E-state index is 12.6. The van der Waals surface area contributed by atoms with Gasteiger partial charge in [-0.3, -0.25) is 4.79 Å². The third kappa shape index (κ3) is 3.69. The molecule has 0 atom stereocenters. The molecule has 1 saturated carbocycles. The van der Waals surface area contributed by atoms with Crippen molar-refractivity contribution in [2.24, 2.45) is 0 Å². The minimum Gasteiger partial charge on any atom is -0.378 e. The van der Waals surface area contributed by atoms with E-state index >= 15 is 0 Å². The number of hydrogen-bond donors (Lipinski definition) is 1. The molecular weight excluding hydrogens is 382 g/mol. The summed E-state index contributed by atoms with van der Waals surface area (Å²) in [5, 5.41) is 12.6. The van der Waals surface area contributed by atoms with Crippen LogP contribution < -0.4 is 10.9 Å². The number of aryl methyl sites for hydroxylation is 2. The van der Waals surface area contributed by atoms with E-state index in [1.165, 1.54) is 12.7 Å². The number of nitrogens with one attached hydrogen (secondary N) is 1. The first-order valence-corrected chi connectivity index (χ1v) is 10.8. The van der Waals surface area contributed by atoms with E-state index in [9.17, 15) is 4.79 Å². The summed E-state index contributed by atoms with van der Waals surface area (Å²) in [6.45, 7) is 0.428. The van der Waals surface area contributed by atoms with Crippen LogP contribution in [-0.4, -0.2) is 42.5 Å². The molecule has 9 nitrogen and oxygen atoms in total. The summed E-state index contributed by atoms with van der Waals surface area (Å²) in [5.41, 5.74) is 3.14. The molecule has 3 aromatic rings. The minimum absolute atomic E-state index is 0.0507. The number of nitrogens with zero attached hydrogens (tertiary/aromatic N) is 6. The molecular formula is C21H27N7O2. The molecule has 0 unspecified atom stereocenters. The quantitative estimate of drug-likeness (QED) is 0.690. The Morgan fingerprint density at radius 3 is 2.83 bits per heavy atom. The van der Waals surface area contributed by atoms with Gasteiger partial charge in [-0.2, -0.15) is 19.7 Å². The highest BCUT2D eigenvalue weighted by Gasteiger charge is 2.25. The number of hydrogen-bond acceptors (Lipinski definition) is 7. The van der Waals surface area contributed by atoms with E-state index in [1.54, 1.807) is 16.3 Å². The van der Waals surface area contributed by atoms with Crippen molar-refractivity contribution in [1.29, 1.82) is 0 Å². The summed E-state index contributed by atoms with van der Waals surface area (Å²) in [5.74, 6) is 1.43. The fourth-order valence-corrected chi connectivity index (χ4v) is 4.70. The van der Waals surface area contributed by atoms with E-state index in [0.717, 1.165) is 67.7 Å². The van der Waals surface area contributed by atoms with Gasteiger partial charge in [-0.1, -0.05) is 0 Å². The van der Waals surface area contributed by atoms with Gasteiger partial charge in [-0.05, 0) is 56.9 Å². The average molecular weight is 409 g/mol. The first kappa shape index (κ1) is 19.2. The van der Waals surface area contributed by atoms with Gasteiger partial charge in [0.15, 0.2) is 0 Å². The van der Waals surface area contributed by atoms with Crippen LogP contribution in [0.4, 0.5) is 5.82 Å². The lowest BCUT2D eigenvalue weighted by Crippen LogP contribution is -2.34. The van der Waals surface area contributed by atoms with Crippen molar-refractivity contribution in [3.63, 3.8) is 0 Å². The molecule has 0 radical (unpaired) electrons. The fraction of sp³-hybridized carbons (Fsp3) is 0.571. The van der Waals surface area contributed by atoms with Crippen LogP contribution >= 0.6 is 0 Å². The van der Waals surface area contributed by atoms with Crippen LogP contribution in [-0.2, 0) is 24.2 Å². The van der Waals surface area contributed by atoms with Gasteiger partial charge in [0, 0.05) is 25.3 Å². The second kappa shape index (κ2) is 8.14. The largest absolute Gasteiger partial charge is 0.378 e.